The Morgan fingerprint density at radius 3 is 2.48 bits per heavy atom. The number of aromatic carboxylic acids is 1. The molecule has 21 heavy (non-hydrogen) atoms. The van der Waals surface area contributed by atoms with Gasteiger partial charge in [-0.3, -0.25) is 4.79 Å². The first kappa shape index (κ1) is 15.5. The summed E-state index contributed by atoms with van der Waals surface area (Å²) in [5, 5.41) is 16.3. The first-order valence-corrected chi connectivity index (χ1v) is 7.29. The maximum absolute atomic E-state index is 12.3. The average Bonchev–Trinajstić information content (AvgIpc) is 2.80. The number of amides is 1. The summed E-state index contributed by atoms with van der Waals surface area (Å²) < 4.78 is 1.35. The zero-order valence-corrected chi connectivity index (χ0v) is 12.7. The van der Waals surface area contributed by atoms with E-state index < -0.39 is 5.97 Å². The topological polar surface area (TPSA) is 88.3 Å². The summed E-state index contributed by atoms with van der Waals surface area (Å²) in [5.41, 5.74) is 0.304. The number of carboxylic acids is 1. The minimum Gasteiger partial charge on any atom is -0.476 e. The second kappa shape index (κ2) is 6.24. The fraction of sp³-hybridized carbons (Fsp3) is 0.714. The van der Waals surface area contributed by atoms with Crippen molar-refractivity contribution in [1.82, 2.24) is 19.9 Å². The summed E-state index contributed by atoms with van der Waals surface area (Å²) in [7, 11) is 1.81. The molecular formula is C14H22N4O3. The maximum Gasteiger partial charge on any atom is 0.358 e. The molecule has 0 aromatic carbocycles. The van der Waals surface area contributed by atoms with Crippen LogP contribution in [0.25, 0.3) is 0 Å². The fourth-order valence-electron chi connectivity index (χ4n) is 2.78. The van der Waals surface area contributed by atoms with E-state index in [4.69, 9.17) is 5.11 Å². The van der Waals surface area contributed by atoms with Gasteiger partial charge in [0, 0.05) is 13.1 Å². The van der Waals surface area contributed by atoms with Gasteiger partial charge in [-0.1, -0.05) is 12.1 Å². The van der Waals surface area contributed by atoms with Gasteiger partial charge in [0.05, 0.1) is 5.69 Å². The number of hydrogen-bond donors (Lipinski definition) is 1. The second-order valence-corrected chi connectivity index (χ2v) is 5.90. The Morgan fingerprint density at radius 1 is 1.33 bits per heavy atom. The molecule has 1 aliphatic carbocycles. The highest BCUT2D eigenvalue weighted by molar-refractivity contribution is 5.86. The molecule has 7 heteroatoms. The number of carbonyl (C=O) groups excluding carboxylic acids is 1. The summed E-state index contributed by atoms with van der Waals surface area (Å²) in [6.07, 6.45) is 4.35. The van der Waals surface area contributed by atoms with Gasteiger partial charge in [0.1, 0.15) is 6.54 Å². The van der Waals surface area contributed by atoms with E-state index >= 15 is 0 Å². The number of nitrogens with zero attached hydrogens (tertiary/aromatic N) is 4. The fourth-order valence-corrected chi connectivity index (χ4v) is 2.78. The lowest BCUT2D eigenvalue weighted by atomic mass is 9.87. The highest BCUT2D eigenvalue weighted by Gasteiger charge is 2.26. The smallest absolute Gasteiger partial charge is 0.358 e. The highest BCUT2D eigenvalue weighted by Crippen LogP contribution is 2.26. The number of carbonyl (C=O) groups is 2. The van der Waals surface area contributed by atoms with Crippen LogP contribution in [0.1, 0.15) is 48.8 Å². The third-order valence-electron chi connectivity index (χ3n) is 4.40. The second-order valence-electron chi connectivity index (χ2n) is 5.90. The molecule has 1 aliphatic rings. The SMILES string of the molecule is Cc1c(C(=O)O)nnn1CC(=O)N(C)C1CCC(C)CC1. The van der Waals surface area contributed by atoms with Crippen molar-refractivity contribution >= 4 is 11.9 Å². The van der Waals surface area contributed by atoms with Crippen LogP contribution in [-0.2, 0) is 11.3 Å². The van der Waals surface area contributed by atoms with Gasteiger partial charge < -0.3 is 10.0 Å². The van der Waals surface area contributed by atoms with Gasteiger partial charge >= 0.3 is 5.97 Å². The van der Waals surface area contributed by atoms with Crippen LogP contribution in [0.3, 0.4) is 0 Å². The van der Waals surface area contributed by atoms with Crippen molar-refractivity contribution in [3.8, 4) is 0 Å². The quantitative estimate of drug-likeness (QED) is 0.904. The van der Waals surface area contributed by atoms with Gasteiger partial charge in [-0.15, -0.1) is 5.10 Å². The Kier molecular flexibility index (Phi) is 4.59. The highest BCUT2D eigenvalue weighted by atomic mass is 16.4. The Bertz CT molecular complexity index is 532. The van der Waals surface area contributed by atoms with Crippen LogP contribution < -0.4 is 0 Å². The van der Waals surface area contributed by atoms with Gasteiger partial charge in [-0.05, 0) is 38.5 Å². The van der Waals surface area contributed by atoms with E-state index in [0.717, 1.165) is 31.6 Å². The van der Waals surface area contributed by atoms with Crippen LogP contribution >= 0.6 is 0 Å². The summed E-state index contributed by atoms with van der Waals surface area (Å²) >= 11 is 0. The molecule has 1 aromatic rings. The third kappa shape index (κ3) is 3.40. The molecule has 0 aliphatic heterocycles. The number of carboxylic acid groups (broad SMARTS) is 1. The van der Waals surface area contributed by atoms with Crippen LogP contribution in [-0.4, -0.2) is 50.0 Å². The van der Waals surface area contributed by atoms with E-state index in [1.165, 1.54) is 4.68 Å². The van der Waals surface area contributed by atoms with E-state index in [1.807, 2.05) is 7.05 Å². The predicted molar refractivity (Wildman–Crippen MR) is 75.9 cm³/mol. The lowest BCUT2D eigenvalue weighted by Gasteiger charge is -2.33. The summed E-state index contributed by atoms with van der Waals surface area (Å²) in [4.78, 5) is 25.0. The van der Waals surface area contributed by atoms with Crippen LogP contribution in [0.5, 0.6) is 0 Å². The van der Waals surface area contributed by atoms with E-state index in [1.54, 1.807) is 11.8 Å². The Balaban J connectivity index is 1.99. The van der Waals surface area contributed by atoms with Crippen molar-refractivity contribution in [2.45, 2.75) is 52.1 Å². The average molecular weight is 294 g/mol. The molecule has 1 saturated carbocycles. The molecule has 1 fully saturated rings. The Hall–Kier alpha value is -1.92. The lowest BCUT2D eigenvalue weighted by molar-refractivity contribution is -0.133. The number of rotatable bonds is 4. The molecule has 0 spiro atoms. The predicted octanol–water partition coefficient (Wildman–Crippen LogP) is 1.32. The molecule has 1 heterocycles. The monoisotopic (exact) mass is 294 g/mol. The molecule has 1 N–H and O–H groups in total. The van der Waals surface area contributed by atoms with Gasteiger partial charge in [-0.2, -0.15) is 0 Å². The molecule has 0 radical (unpaired) electrons. The molecule has 7 nitrogen and oxygen atoms in total. The van der Waals surface area contributed by atoms with Gasteiger partial charge in [0.15, 0.2) is 5.69 Å². The summed E-state index contributed by atoms with van der Waals surface area (Å²) in [5.74, 6) is -0.444. The Morgan fingerprint density at radius 2 is 1.95 bits per heavy atom. The van der Waals surface area contributed by atoms with Crippen LogP contribution in [0.15, 0.2) is 0 Å². The van der Waals surface area contributed by atoms with E-state index in [2.05, 4.69) is 17.2 Å². The first-order chi connectivity index (χ1) is 9.90. The number of likely N-dealkylation sites (N-methyl/N-ethyl adjacent to an activating group) is 1. The minimum absolute atomic E-state index is 0.0364. The van der Waals surface area contributed by atoms with Gasteiger partial charge in [0.2, 0.25) is 5.91 Å². The van der Waals surface area contributed by atoms with Crippen LogP contribution in [0, 0.1) is 12.8 Å². The van der Waals surface area contributed by atoms with Gasteiger partial charge in [-0.25, -0.2) is 9.48 Å². The third-order valence-corrected chi connectivity index (χ3v) is 4.40. The van der Waals surface area contributed by atoms with Crippen molar-refractivity contribution in [2.75, 3.05) is 7.05 Å². The Labute approximate surface area is 123 Å². The van der Waals surface area contributed by atoms with Crippen LogP contribution in [0.2, 0.25) is 0 Å². The molecule has 0 bridgehead atoms. The van der Waals surface area contributed by atoms with E-state index in [9.17, 15) is 9.59 Å². The number of hydrogen-bond acceptors (Lipinski definition) is 4. The van der Waals surface area contributed by atoms with Crippen molar-refractivity contribution in [3.05, 3.63) is 11.4 Å². The largest absolute Gasteiger partial charge is 0.476 e. The van der Waals surface area contributed by atoms with Gasteiger partial charge in [0.25, 0.3) is 0 Å². The summed E-state index contributed by atoms with van der Waals surface area (Å²) in [6, 6.07) is 0.275. The number of aromatic nitrogens is 3. The molecule has 0 unspecified atom stereocenters. The molecule has 2 rings (SSSR count). The molecule has 1 aromatic heterocycles. The minimum atomic E-state index is -1.12. The van der Waals surface area contributed by atoms with Crippen molar-refractivity contribution in [2.24, 2.45) is 5.92 Å². The summed E-state index contributed by atoms with van der Waals surface area (Å²) in [6.45, 7) is 3.89. The molecule has 116 valence electrons. The van der Waals surface area contributed by atoms with E-state index in [-0.39, 0.29) is 24.2 Å². The lowest BCUT2D eigenvalue weighted by Crippen LogP contribution is -2.41. The molecule has 1 amide bonds. The van der Waals surface area contributed by atoms with Crippen molar-refractivity contribution < 1.29 is 14.7 Å². The van der Waals surface area contributed by atoms with E-state index in [0.29, 0.717) is 5.69 Å². The molecule has 0 saturated heterocycles. The van der Waals surface area contributed by atoms with Crippen molar-refractivity contribution in [1.29, 1.82) is 0 Å². The first-order valence-electron chi connectivity index (χ1n) is 7.29. The zero-order valence-electron chi connectivity index (χ0n) is 12.7. The standard InChI is InChI=1S/C14H22N4O3/c1-9-4-6-11(7-5-9)17(3)12(19)8-18-10(2)13(14(20)21)15-16-18/h9,11H,4-8H2,1-3H3,(H,20,21). The van der Waals surface area contributed by atoms with Crippen LogP contribution in [0.4, 0.5) is 0 Å². The normalized spacial score (nSPS) is 22.0. The molecular weight excluding hydrogens is 272 g/mol. The zero-order chi connectivity index (χ0) is 15.6. The molecule has 0 atom stereocenters. The van der Waals surface area contributed by atoms with Crippen molar-refractivity contribution in [3.63, 3.8) is 0 Å². The maximum atomic E-state index is 12.3.